The molecule has 5 rings (SSSR count). The predicted molar refractivity (Wildman–Crippen MR) is 110 cm³/mol. The highest BCUT2D eigenvalue weighted by molar-refractivity contribution is 6.03. The fourth-order valence-corrected chi connectivity index (χ4v) is 4.93. The molecule has 0 aliphatic carbocycles. The number of carbonyl (C=O) groups excluding carboxylic acids is 2. The molecular formula is C23H25N3O4. The summed E-state index contributed by atoms with van der Waals surface area (Å²) in [4.78, 5) is 30.1. The molecule has 1 spiro atoms. The Labute approximate surface area is 175 Å². The first-order valence-corrected chi connectivity index (χ1v) is 10.3. The fourth-order valence-electron chi connectivity index (χ4n) is 4.93. The fraction of sp³-hybridized carbons (Fsp3) is 0.435. The molecule has 4 heterocycles. The summed E-state index contributed by atoms with van der Waals surface area (Å²) in [6.45, 7) is 5.02. The third-order valence-corrected chi connectivity index (χ3v) is 6.52. The second kappa shape index (κ2) is 6.80. The van der Waals surface area contributed by atoms with Crippen LogP contribution in [0.25, 0.3) is 0 Å². The van der Waals surface area contributed by atoms with Crippen LogP contribution < -0.4 is 4.90 Å². The molecule has 4 atom stereocenters. The zero-order valence-corrected chi connectivity index (χ0v) is 17.3. The van der Waals surface area contributed by atoms with Crippen LogP contribution in [-0.2, 0) is 20.9 Å². The normalized spacial score (nSPS) is 29.1. The smallest absolute Gasteiger partial charge is 0.234 e. The van der Waals surface area contributed by atoms with Gasteiger partial charge in [-0.25, -0.2) is 0 Å². The second-order valence-corrected chi connectivity index (χ2v) is 8.74. The van der Waals surface area contributed by atoms with E-state index in [1.54, 1.807) is 29.1 Å². The molecule has 2 saturated heterocycles. The van der Waals surface area contributed by atoms with Gasteiger partial charge in [0, 0.05) is 18.8 Å². The Morgan fingerprint density at radius 3 is 2.73 bits per heavy atom. The largest absolute Gasteiger partial charge is 0.360 e. The van der Waals surface area contributed by atoms with E-state index in [1.807, 2.05) is 24.3 Å². The molecule has 3 aliphatic heterocycles. The van der Waals surface area contributed by atoms with Gasteiger partial charge >= 0.3 is 0 Å². The van der Waals surface area contributed by atoms with Crippen molar-refractivity contribution in [2.24, 2.45) is 11.8 Å². The average Bonchev–Trinajstić information content (AvgIpc) is 3.50. The van der Waals surface area contributed by atoms with Gasteiger partial charge in [-0.15, -0.1) is 0 Å². The van der Waals surface area contributed by atoms with Gasteiger partial charge in [-0.2, -0.15) is 0 Å². The van der Waals surface area contributed by atoms with Gasteiger partial charge in [-0.1, -0.05) is 43.3 Å². The van der Waals surface area contributed by atoms with Crippen molar-refractivity contribution in [2.75, 3.05) is 18.5 Å². The molecule has 0 unspecified atom stereocenters. The van der Waals surface area contributed by atoms with Crippen molar-refractivity contribution in [3.05, 3.63) is 60.0 Å². The van der Waals surface area contributed by atoms with Crippen LogP contribution in [0.15, 0.2) is 53.2 Å². The van der Waals surface area contributed by atoms with Crippen LogP contribution in [0.3, 0.4) is 0 Å². The topological polar surface area (TPSA) is 75.9 Å². The molecule has 30 heavy (non-hydrogen) atoms. The van der Waals surface area contributed by atoms with Crippen LogP contribution in [0.1, 0.15) is 31.1 Å². The summed E-state index contributed by atoms with van der Waals surface area (Å²) in [6, 6.07) is 9.80. The summed E-state index contributed by atoms with van der Waals surface area (Å²) in [5.41, 5.74) is 1.34. The Morgan fingerprint density at radius 1 is 1.30 bits per heavy atom. The average molecular weight is 407 g/mol. The maximum atomic E-state index is 13.5. The monoisotopic (exact) mass is 407 g/mol. The number of anilines is 1. The molecule has 1 aromatic carbocycles. The van der Waals surface area contributed by atoms with E-state index in [0.717, 1.165) is 5.69 Å². The van der Waals surface area contributed by atoms with Crippen molar-refractivity contribution in [3.63, 3.8) is 0 Å². The van der Waals surface area contributed by atoms with Crippen LogP contribution in [0.4, 0.5) is 5.69 Å². The summed E-state index contributed by atoms with van der Waals surface area (Å²) < 4.78 is 11.4. The number of carbonyl (C=O) groups is 2. The minimum absolute atomic E-state index is 0.0504. The van der Waals surface area contributed by atoms with Gasteiger partial charge in [0.25, 0.3) is 0 Å². The summed E-state index contributed by atoms with van der Waals surface area (Å²) >= 11 is 0. The van der Waals surface area contributed by atoms with Gasteiger partial charge in [0.2, 0.25) is 11.8 Å². The molecule has 156 valence electrons. The third-order valence-electron chi connectivity index (χ3n) is 6.52. The van der Waals surface area contributed by atoms with Gasteiger partial charge in [0.1, 0.15) is 5.60 Å². The Hall–Kier alpha value is -2.93. The van der Waals surface area contributed by atoms with Crippen molar-refractivity contribution in [2.45, 2.75) is 38.0 Å². The number of rotatable bonds is 5. The van der Waals surface area contributed by atoms with Crippen molar-refractivity contribution in [3.8, 4) is 0 Å². The van der Waals surface area contributed by atoms with E-state index in [9.17, 15) is 9.59 Å². The van der Waals surface area contributed by atoms with Crippen LogP contribution in [0.2, 0.25) is 0 Å². The molecule has 2 amide bonds. The standard InChI is InChI=1S/C23H25N3O4/c1-14(2)15-4-6-16(7-5-15)26-13-23-10-8-18(29-23)19(20(23)22(26)28)21(27)25(3)12-17-9-11-24-30-17/h4-11,14,18-20H,12-13H2,1-3H3/t18-,19-,20+,23-/m0/s1. The highest BCUT2D eigenvalue weighted by atomic mass is 16.5. The van der Waals surface area contributed by atoms with Crippen LogP contribution >= 0.6 is 0 Å². The van der Waals surface area contributed by atoms with Gasteiger partial charge in [0.05, 0.1) is 37.2 Å². The van der Waals surface area contributed by atoms with Gasteiger partial charge in [-0.3, -0.25) is 9.59 Å². The molecule has 7 heteroatoms. The first-order chi connectivity index (χ1) is 14.4. The summed E-state index contributed by atoms with van der Waals surface area (Å²) in [5.74, 6) is -0.180. The van der Waals surface area contributed by atoms with Gasteiger partial charge in [0.15, 0.2) is 5.76 Å². The van der Waals surface area contributed by atoms with Gasteiger partial charge in [-0.05, 0) is 23.6 Å². The summed E-state index contributed by atoms with van der Waals surface area (Å²) in [7, 11) is 1.72. The molecule has 0 saturated carbocycles. The van der Waals surface area contributed by atoms with Crippen LogP contribution in [0, 0.1) is 11.8 Å². The van der Waals surface area contributed by atoms with Crippen LogP contribution in [-0.4, -0.2) is 47.2 Å². The SMILES string of the molecule is CC(C)c1ccc(N2C[C@]34C=C[C@H](O3)[C@H](C(=O)N(C)Cc3ccno3)[C@@H]4C2=O)cc1. The number of nitrogens with zero attached hydrogens (tertiary/aromatic N) is 3. The first kappa shape index (κ1) is 19.1. The Balaban J connectivity index is 1.40. The van der Waals surface area contributed by atoms with Crippen molar-refractivity contribution in [1.82, 2.24) is 10.1 Å². The lowest BCUT2D eigenvalue weighted by Crippen LogP contribution is -2.44. The Kier molecular flexibility index (Phi) is 4.32. The van der Waals surface area contributed by atoms with Crippen molar-refractivity contribution >= 4 is 17.5 Å². The number of fused-ring (bicyclic) bond motifs is 1. The summed E-state index contributed by atoms with van der Waals surface area (Å²) in [6.07, 6.45) is 5.09. The number of aromatic nitrogens is 1. The molecule has 1 aromatic heterocycles. The van der Waals surface area contributed by atoms with E-state index in [2.05, 4.69) is 31.1 Å². The zero-order valence-electron chi connectivity index (χ0n) is 17.3. The third kappa shape index (κ3) is 2.80. The number of amides is 2. The summed E-state index contributed by atoms with van der Waals surface area (Å²) in [5, 5.41) is 3.69. The van der Waals surface area contributed by atoms with E-state index < -0.39 is 17.4 Å². The lowest BCUT2D eigenvalue weighted by atomic mass is 9.76. The maximum Gasteiger partial charge on any atom is 0.234 e. The number of ether oxygens (including phenoxy) is 1. The lowest BCUT2D eigenvalue weighted by molar-refractivity contribution is -0.139. The highest BCUT2D eigenvalue weighted by Gasteiger charge is 2.67. The molecule has 2 bridgehead atoms. The molecule has 7 nitrogen and oxygen atoms in total. The second-order valence-electron chi connectivity index (χ2n) is 8.74. The molecule has 0 N–H and O–H groups in total. The quantitative estimate of drug-likeness (QED) is 0.713. The minimum Gasteiger partial charge on any atom is -0.360 e. The van der Waals surface area contributed by atoms with E-state index in [0.29, 0.717) is 24.8 Å². The van der Waals surface area contributed by atoms with Gasteiger partial charge < -0.3 is 19.1 Å². The van der Waals surface area contributed by atoms with Crippen molar-refractivity contribution < 1.29 is 18.8 Å². The number of hydrogen-bond donors (Lipinski definition) is 0. The van der Waals surface area contributed by atoms with Crippen molar-refractivity contribution in [1.29, 1.82) is 0 Å². The predicted octanol–water partition coefficient (Wildman–Crippen LogP) is 2.74. The molecular weight excluding hydrogens is 382 g/mol. The first-order valence-electron chi connectivity index (χ1n) is 10.3. The molecule has 0 radical (unpaired) electrons. The van der Waals surface area contributed by atoms with E-state index in [-0.39, 0.29) is 17.9 Å². The van der Waals surface area contributed by atoms with E-state index in [4.69, 9.17) is 9.26 Å². The number of hydrogen-bond acceptors (Lipinski definition) is 5. The number of benzene rings is 1. The molecule has 2 aromatic rings. The Morgan fingerprint density at radius 2 is 2.07 bits per heavy atom. The molecule has 2 fully saturated rings. The maximum absolute atomic E-state index is 13.5. The zero-order chi connectivity index (χ0) is 21.0. The Bertz CT molecular complexity index is 998. The van der Waals surface area contributed by atoms with E-state index >= 15 is 0 Å². The molecule has 3 aliphatic rings. The van der Waals surface area contributed by atoms with Crippen LogP contribution in [0.5, 0.6) is 0 Å². The lowest BCUT2D eigenvalue weighted by Gasteiger charge is -2.27. The minimum atomic E-state index is -0.730. The highest BCUT2D eigenvalue weighted by Crippen LogP contribution is 2.53. The van der Waals surface area contributed by atoms with E-state index in [1.165, 1.54) is 5.56 Å².